The number of aliphatic carboxylic acids is 1. The van der Waals surface area contributed by atoms with E-state index in [1.54, 1.807) is 11.9 Å². The van der Waals surface area contributed by atoms with Crippen LogP contribution in [0.2, 0.25) is 0 Å². The van der Waals surface area contributed by atoms with Crippen molar-refractivity contribution in [2.24, 2.45) is 5.92 Å². The summed E-state index contributed by atoms with van der Waals surface area (Å²) in [4.78, 5) is 42.3. The molecule has 2 unspecified atom stereocenters. The Labute approximate surface area is 149 Å². The van der Waals surface area contributed by atoms with Crippen LogP contribution in [0.4, 0.5) is 5.69 Å². The minimum atomic E-state index is -1.10. The molecule has 0 saturated carbocycles. The highest BCUT2D eigenvalue weighted by Crippen LogP contribution is 2.44. The molecule has 0 aliphatic carbocycles. The standard InChI is InChI=1S/C19H18N2O5/c1-21-12-9-20-10-14(23)16(12)19(26)17(13(22)7-8-15(24)25)18(21)11-5-3-2-4-6-11/h2-6,9-10,17-18,23H,7-8H2,1H3,(H,24,25). The van der Waals surface area contributed by atoms with Crippen molar-refractivity contribution < 1.29 is 24.6 Å². The summed E-state index contributed by atoms with van der Waals surface area (Å²) < 4.78 is 0. The van der Waals surface area contributed by atoms with Gasteiger partial charge in [-0.25, -0.2) is 0 Å². The fourth-order valence-corrected chi connectivity index (χ4v) is 3.41. The van der Waals surface area contributed by atoms with E-state index >= 15 is 0 Å². The van der Waals surface area contributed by atoms with Crippen LogP contribution in [-0.4, -0.2) is 39.8 Å². The number of ketones is 2. The Morgan fingerprint density at radius 3 is 2.50 bits per heavy atom. The molecule has 7 heteroatoms. The van der Waals surface area contributed by atoms with Gasteiger partial charge in [0, 0.05) is 13.5 Å². The molecule has 1 aromatic carbocycles. The summed E-state index contributed by atoms with van der Waals surface area (Å²) in [5.74, 6) is -3.45. The lowest BCUT2D eigenvalue weighted by Gasteiger charge is -2.40. The van der Waals surface area contributed by atoms with Gasteiger partial charge < -0.3 is 15.1 Å². The second-order valence-corrected chi connectivity index (χ2v) is 6.22. The average molecular weight is 354 g/mol. The van der Waals surface area contributed by atoms with Crippen molar-refractivity contribution in [3.8, 4) is 5.75 Å². The number of hydrogen-bond donors (Lipinski definition) is 2. The van der Waals surface area contributed by atoms with Crippen molar-refractivity contribution in [3.63, 3.8) is 0 Å². The highest BCUT2D eigenvalue weighted by molar-refractivity contribution is 6.17. The smallest absolute Gasteiger partial charge is 0.303 e. The van der Waals surface area contributed by atoms with E-state index in [-0.39, 0.29) is 24.2 Å². The van der Waals surface area contributed by atoms with Gasteiger partial charge in [0.05, 0.1) is 36.1 Å². The van der Waals surface area contributed by atoms with Gasteiger partial charge in [0.1, 0.15) is 17.5 Å². The SMILES string of the molecule is CN1c2cncc(O)c2C(=O)C(C(=O)CCC(=O)O)C1c1ccccc1. The first-order chi connectivity index (χ1) is 12.4. The summed E-state index contributed by atoms with van der Waals surface area (Å²) in [7, 11) is 1.72. The zero-order valence-corrected chi connectivity index (χ0v) is 14.1. The molecular weight excluding hydrogens is 336 g/mol. The van der Waals surface area contributed by atoms with Crippen molar-refractivity contribution in [1.82, 2.24) is 4.98 Å². The molecule has 2 aromatic rings. The molecule has 0 bridgehead atoms. The monoisotopic (exact) mass is 354 g/mol. The molecule has 2 N–H and O–H groups in total. The molecule has 1 aromatic heterocycles. The lowest BCUT2D eigenvalue weighted by molar-refractivity contribution is -0.139. The Bertz CT molecular complexity index is 865. The molecule has 2 atom stereocenters. The maximum atomic E-state index is 13.1. The summed E-state index contributed by atoms with van der Waals surface area (Å²) in [6, 6.07) is 8.48. The highest BCUT2D eigenvalue weighted by Gasteiger charge is 2.44. The first-order valence-corrected chi connectivity index (χ1v) is 8.15. The Kier molecular flexibility index (Phi) is 4.71. The van der Waals surface area contributed by atoms with E-state index in [1.807, 2.05) is 30.3 Å². The number of hydrogen-bond acceptors (Lipinski definition) is 6. The Morgan fingerprint density at radius 1 is 1.15 bits per heavy atom. The van der Waals surface area contributed by atoms with Crippen LogP contribution in [0, 0.1) is 5.92 Å². The molecule has 3 rings (SSSR count). The van der Waals surface area contributed by atoms with Gasteiger partial charge in [-0.1, -0.05) is 30.3 Å². The predicted molar refractivity (Wildman–Crippen MR) is 93.2 cm³/mol. The van der Waals surface area contributed by atoms with Crippen molar-refractivity contribution in [2.45, 2.75) is 18.9 Å². The van der Waals surface area contributed by atoms with Crippen LogP contribution in [0.15, 0.2) is 42.7 Å². The Hall–Kier alpha value is -3.22. The zero-order valence-electron chi connectivity index (χ0n) is 14.1. The number of pyridine rings is 1. The molecule has 0 fully saturated rings. The summed E-state index contributed by atoms with van der Waals surface area (Å²) in [6.45, 7) is 0. The fraction of sp³-hybridized carbons (Fsp3) is 0.263. The van der Waals surface area contributed by atoms with Gasteiger partial charge >= 0.3 is 5.97 Å². The molecular formula is C19H18N2O5. The van der Waals surface area contributed by atoms with Gasteiger partial charge in [-0.2, -0.15) is 0 Å². The Balaban J connectivity index is 2.11. The van der Waals surface area contributed by atoms with E-state index in [0.29, 0.717) is 5.69 Å². The molecule has 134 valence electrons. The maximum absolute atomic E-state index is 13.1. The third-order valence-corrected chi connectivity index (χ3v) is 4.62. The summed E-state index contributed by atoms with van der Waals surface area (Å²) >= 11 is 0. The molecule has 0 radical (unpaired) electrons. The van der Waals surface area contributed by atoms with Crippen molar-refractivity contribution in [1.29, 1.82) is 0 Å². The minimum absolute atomic E-state index is 0.0448. The number of fused-ring (bicyclic) bond motifs is 1. The molecule has 2 heterocycles. The molecule has 0 spiro atoms. The number of carbonyl (C=O) groups is 3. The Morgan fingerprint density at radius 2 is 1.85 bits per heavy atom. The third kappa shape index (κ3) is 3.03. The fourth-order valence-electron chi connectivity index (χ4n) is 3.41. The predicted octanol–water partition coefficient (Wildman–Crippen LogP) is 2.21. The van der Waals surface area contributed by atoms with Gasteiger partial charge in [-0.15, -0.1) is 0 Å². The van der Waals surface area contributed by atoms with E-state index in [4.69, 9.17) is 5.11 Å². The molecule has 1 aliphatic heterocycles. The van der Waals surface area contributed by atoms with Gasteiger partial charge in [0.25, 0.3) is 0 Å². The largest absolute Gasteiger partial charge is 0.505 e. The molecule has 0 amide bonds. The van der Waals surface area contributed by atoms with E-state index < -0.39 is 29.5 Å². The molecule has 0 saturated heterocycles. The number of benzene rings is 1. The van der Waals surface area contributed by atoms with Crippen molar-refractivity contribution >= 4 is 23.2 Å². The summed E-state index contributed by atoms with van der Waals surface area (Å²) in [5.41, 5.74) is 1.24. The number of carbonyl (C=O) groups excluding carboxylic acids is 2. The number of Topliss-reactive ketones (excluding diaryl/α,β-unsaturated/α-hetero) is 2. The number of aromatic nitrogens is 1. The maximum Gasteiger partial charge on any atom is 0.303 e. The number of anilines is 1. The van der Waals surface area contributed by atoms with Crippen LogP contribution in [0.5, 0.6) is 5.75 Å². The van der Waals surface area contributed by atoms with Gasteiger partial charge in [-0.05, 0) is 5.56 Å². The summed E-state index contributed by atoms with van der Waals surface area (Å²) in [6.07, 6.45) is 2.04. The average Bonchev–Trinajstić information content (AvgIpc) is 2.63. The van der Waals surface area contributed by atoms with Crippen LogP contribution in [0.3, 0.4) is 0 Å². The second kappa shape index (κ2) is 6.95. The van der Waals surface area contributed by atoms with Gasteiger partial charge in [0.15, 0.2) is 5.78 Å². The van der Waals surface area contributed by atoms with Crippen LogP contribution in [0.1, 0.15) is 34.8 Å². The molecule has 1 aliphatic rings. The van der Waals surface area contributed by atoms with Gasteiger partial charge in [-0.3, -0.25) is 19.4 Å². The van der Waals surface area contributed by atoms with Crippen LogP contribution in [0.25, 0.3) is 0 Å². The normalized spacial score (nSPS) is 19.1. The molecule has 26 heavy (non-hydrogen) atoms. The van der Waals surface area contributed by atoms with Crippen LogP contribution < -0.4 is 4.90 Å². The topological polar surface area (TPSA) is 108 Å². The number of aromatic hydroxyl groups is 1. The first kappa shape index (κ1) is 17.6. The third-order valence-electron chi connectivity index (χ3n) is 4.62. The zero-order chi connectivity index (χ0) is 18.8. The van der Waals surface area contributed by atoms with Gasteiger partial charge in [0.2, 0.25) is 0 Å². The first-order valence-electron chi connectivity index (χ1n) is 8.15. The van der Waals surface area contributed by atoms with Crippen LogP contribution in [-0.2, 0) is 9.59 Å². The molecule has 7 nitrogen and oxygen atoms in total. The second-order valence-electron chi connectivity index (χ2n) is 6.22. The number of nitrogens with zero attached hydrogens (tertiary/aromatic N) is 2. The number of rotatable bonds is 5. The van der Waals surface area contributed by atoms with Crippen molar-refractivity contribution in [2.75, 3.05) is 11.9 Å². The highest BCUT2D eigenvalue weighted by atomic mass is 16.4. The quantitative estimate of drug-likeness (QED) is 0.793. The number of carboxylic acid groups (broad SMARTS) is 1. The lowest BCUT2D eigenvalue weighted by Crippen LogP contribution is -2.44. The summed E-state index contributed by atoms with van der Waals surface area (Å²) in [5, 5.41) is 19.0. The van der Waals surface area contributed by atoms with Crippen molar-refractivity contribution in [3.05, 3.63) is 53.9 Å². The van der Waals surface area contributed by atoms with E-state index in [2.05, 4.69) is 4.98 Å². The minimum Gasteiger partial charge on any atom is -0.505 e. The van der Waals surface area contributed by atoms with Crippen LogP contribution >= 0.6 is 0 Å². The van der Waals surface area contributed by atoms with E-state index in [0.717, 1.165) is 11.8 Å². The van der Waals surface area contributed by atoms with E-state index in [9.17, 15) is 19.5 Å². The lowest BCUT2D eigenvalue weighted by atomic mass is 9.78. The van der Waals surface area contributed by atoms with E-state index in [1.165, 1.54) is 6.20 Å². The number of carboxylic acids is 1.